The molecule has 0 radical (unpaired) electrons. The Bertz CT molecular complexity index is 408. The molecule has 0 aliphatic rings. The molecule has 118 valence electrons. The van der Waals surface area contributed by atoms with Crippen LogP contribution in [-0.2, 0) is 11.3 Å². The van der Waals surface area contributed by atoms with Crippen LogP contribution in [0.15, 0.2) is 36.4 Å². The molecule has 0 saturated carbocycles. The molecule has 0 bridgehead atoms. The Balaban J connectivity index is 2.33. The molecule has 0 saturated heterocycles. The zero-order valence-electron chi connectivity index (χ0n) is 14.1. The summed E-state index contributed by atoms with van der Waals surface area (Å²) < 4.78 is 5.65. The van der Waals surface area contributed by atoms with Crippen molar-refractivity contribution in [2.45, 2.75) is 46.6 Å². The van der Waals surface area contributed by atoms with E-state index in [-0.39, 0.29) is 0 Å². The Morgan fingerprint density at radius 3 is 2.38 bits per heavy atom. The molecule has 0 aliphatic heterocycles. The van der Waals surface area contributed by atoms with Crippen molar-refractivity contribution in [3.8, 4) is 0 Å². The Labute approximate surface area is 130 Å². The van der Waals surface area contributed by atoms with E-state index >= 15 is 0 Å². The second-order valence-electron chi connectivity index (χ2n) is 6.45. The summed E-state index contributed by atoms with van der Waals surface area (Å²) in [7, 11) is 0. The predicted molar refractivity (Wildman–Crippen MR) is 91.7 cm³/mol. The van der Waals surface area contributed by atoms with Gasteiger partial charge in [0.1, 0.15) is 0 Å². The van der Waals surface area contributed by atoms with Gasteiger partial charge in [0, 0.05) is 6.54 Å². The quantitative estimate of drug-likeness (QED) is 0.505. The second kappa shape index (κ2) is 9.75. The summed E-state index contributed by atoms with van der Waals surface area (Å²) in [6, 6.07) is 8.79. The Hall–Kier alpha value is -1.12. The first-order valence-corrected chi connectivity index (χ1v) is 8.00. The Morgan fingerprint density at radius 2 is 1.81 bits per heavy atom. The molecule has 21 heavy (non-hydrogen) atoms. The van der Waals surface area contributed by atoms with Crippen LogP contribution in [0.5, 0.6) is 0 Å². The van der Waals surface area contributed by atoms with Gasteiger partial charge in [0.25, 0.3) is 0 Å². The van der Waals surface area contributed by atoms with E-state index in [1.54, 1.807) is 0 Å². The van der Waals surface area contributed by atoms with Crippen molar-refractivity contribution >= 4 is 0 Å². The molecule has 2 nitrogen and oxygen atoms in total. The van der Waals surface area contributed by atoms with Crippen molar-refractivity contribution in [2.24, 2.45) is 5.92 Å². The van der Waals surface area contributed by atoms with Gasteiger partial charge in [-0.2, -0.15) is 0 Å². The van der Waals surface area contributed by atoms with Crippen LogP contribution in [0.3, 0.4) is 0 Å². The molecule has 1 aromatic rings. The summed E-state index contributed by atoms with van der Waals surface area (Å²) in [5.41, 5.74) is 3.80. The van der Waals surface area contributed by atoms with Gasteiger partial charge in [-0.15, -0.1) is 6.58 Å². The molecule has 0 aromatic heterocycles. The third kappa shape index (κ3) is 8.03. The molecular weight excluding hydrogens is 258 g/mol. The minimum Gasteiger partial charge on any atom is -0.376 e. The monoisotopic (exact) mass is 289 g/mol. The lowest BCUT2D eigenvalue weighted by atomic mass is 10.00. The Morgan fingerprint density at radius 1 is 1.14 bits per heavy atom. The summed E-state index contributed by atoms with van der Waals surface area (Å²) >= 11 is 0. The molecule has 1 unspecified atom stereocenters. The van der Waals surface area contributed by atoms with Crippen LogP contribution in [0.2, 0.25) is 0 Å². The molecule has 0 fully saturated rings. The minimum absolute atomic E-state index is 0.544. The van der Waals surface area contributed by atoms with E-state index in [2.05, 4.69) is 56.9 Å². The summed E-state index contributed by atoms with van der Waals surface area (Å²) in [4.78, 5) is 0. The largest absolute Gasteiger partial charge is 0.376 e. The third-order valence-corrected chi connectivity index (χ3v) is 3.49. The van der Waals surface area contributed by atoms with E-state index in [9.17, 15) is 0 Å². The number of rotatable bonds is 10. The van der Waals surface area contributed by atoms with Gasteiger partial charge < -0.3 is 10.1 Å². The van der Waals surface area contributed by atoms with Crippen LogP contribution in [0, 0.1) is 5.92 Å². The fourth-order valence-corrected chi connectivity index (χ4v) is 2.09. The van der Waals surface area contributed by atoms with Gasteiger partial charge >= 0.3 is 0 Å². The fourth-order valence-electron chi connectivity index (χ4n) is 2.09. The lowest BCUT2D eigenvalue weighted by molar-refractivity contribution is 0.124. The Kier molecular flexibility index (Phi) is 8.33. The van der Waals surface area contributed by atoms with E-state index in [4.69, 9.17) is 4.74 Å². The maximum absolute atomic E-state index is 5.65. The van der Waals surface area contributed by atoms with Gasteiger partial charge in [0.05, 0.1) is 13.2 Å². The standard InChI is InChI=1S/C19H31NO/c1-15(2)10-11-21-14-18-6-8-19(9-7-18)17(5)13-20-12-16(3)4/h6-9,16-17,20H,1,10-14H2,2-5H3. The first-order chi connectivity index (χ1) is 9.99. The van der Waals surface area contributed by atoms with Gasteiger partial charge in [-0.1, -0.05) is 50.6 Å². The second-order valence-corrected chi connectivity index (χ2v) is 6.45. The SMILES string of the molecule is C=C(C)CCOCc1ccc(C(C)CNCC(C)C)cc1. The lowest BCUT2D eigenvalue weighted by Gasteiger charge is -2.15. The molecule has 1 atom stereocenters. The highest BCUT2D eigenvalue weighted by atomic mass is 16.5. The highest BCUT2D eigenvalue weighted by molar-refractivity contribution is 5.24. The number of ether oxygens (including phenoxy) is 1. The van der Waals surface area contributed by atoms with Crippen LogP contribution >= 0.6 is 0 Å². The average Bonchev–Trinajstić information content (AvgIpc) is 2.43. The van der Waals surface area contributed by atoms with Crippen molar-refractivity contribution in [3.05, 3.63) is 47.5 Å². The first kappa shape index (κ1) is 17.9. The van der Waals surface area contributed by atoms with Crippen molar-refractivity contribution in [3.63, 3.8) is 0 Å². The van der Waals surface area contributed by atoms with Gasteiger partial charge in [-0.25, -0.2) is 0 Å². The maximum atomic E-state index is 5.65. The molecule has 0 aliphatic carbocycles. The van der Waals surface area contributed by atoms with E-state index in [1.165, 1.54) is 16.7 Å². The van der Waals surface area contributed by atoms with Crippen molar-refractivity contribution in [1.29, 1.82) is 0 Å². The first-order valence-electron chi connectivity index (χ1n) is 8.00. The van der Waals surface area contributed by atoms with Crippen LogP contribution in [0.4, 0.5) is 0 Å². The van der Waals surface area contributed by atoms with Crippen LogP contribution in [-0.4, -0.2) is 19.7 Å². The molecule has 1 N–H and O–H groups in total. The van der Waals surface area contributed by atoms with E-state index in [0.717, 1.165) is 26.1 Å². The van der Waals surface area contributed by atoms with Gasteiger partial charge in [0.15, 0.2) is 0 Å². The molecule has 1 rings (SSSR count). The summed E-state index contributed by atoms with van der Waals surface area (Å²) in [6.07, 6.45) is 0.941. The number of nitrogens with one attached hydrogen (secondary N) is 1. The van der Waals surface area contributed by atoms with Gasteiger partial charge in [-0.3, -0.25) is 0 Å². The highest BCUT2D eigenvalue weighted by Gasteiger charge is 2.05. The molecule has 1 aromatic carbocycles. The topological polar surface area (TPSA) is 21.3 Å². The van der Waals surface area contributed by atoms with Crippen LogP contribution in [0.25, 0.3) is 0 Å². The summed E-state index contributed by atoms with van der Waals surface area (Å²) in [6.45, 7) is 16.2. The third-order valence-electron chi connectivity index (χ3n) is 3.49. The van der Waals surface area contributed by atoms with E-state index in [0.29, 0.717) is 18.4 Å². The van der Waals surface area contributed by atoms with Gasteiger partial charge in [0.2, 0.25) is 0 Å². The lowest BCUT2D eigenvalue weighted by Crippen LogP contribution is -2.24. The van der Waals surface area contributed by atoms with E-state index in [1.807, 2.05) is 6.92 Å². The molecule has 0 heterocycles. The number of hydrogen-bond donors (Lipinski definition) is 1. The summed E-state index contributed by atoms with van der Waals surface area (Å²) in [5, 5.41) is 3.52. The van der Waals surface area contributed by atoms with Gasteiger partial charge in [-0.05, 0) is 42.9 Å². The van der Waals surface area contributed by atoms with Crippen molar-refractivity contribution < 1.29 is 4.74 Å². The zero-order chi connectivity index (χ0) is 15.7. The molecule has 0 spiro atoms. The molecule has 0 amide bonds. The zero-order valence-corrected chi connectivity index (χ0v) is 14.1. The number of hydrogen-bond acceptors (Lipinski definition) is 2. The summed E-state index contributed by atoms with van der Waals surface area (Å²) in [5.74, 6) is 1.25. The van der Waals surface area contributed by atoms with Crippen molar-refractivity contribution in [1.82, 2.24) is 5.32 Å². The molecule has 2 heteroatoms. The normalized spacial score (nSPS) is 12.6. The smallest absolute Gasteiger partial charge is 0.0717 e. The minimum atomic E-state index is 0.544. The average molecular weight is 289 g/mol. The van der Waals surface area contributed by atoms with Crippen LogP contribution in [0.1, 0.15) is 51.2 Å². The van der Waals surface area contributed by atoms with E-state index < -0.39 is 0 Å². The predicted octanol–water partition coefficient (Wildman–Crippen LogP) is 4.52. The number of benzene rings is 1. The maximum Gasteiger partial charge on any atom is 0.0717 e. The molecular formula is C19H31NO. The van der Waals surface area contributed by atoms with Crippen LogP contribution < -0.4 is 5.32 Å². The van der Waals surface area contributed by atoms with Crippen molar-refractivity contribution in [2.75, 3.05) is 19.7 Å². The highest BCUT2D eigenvalue weighted by Crippen LogP contribution is 2.16. The fraction of sp³-hybridized carbons (Fsp3) is 0.579.